The molecular weight excluding hydrogens is 254 g/mol. The second-order valence-corrected chi connectivity index (χ2v) is 6.35. The molecule has 0 unspecified atom stereocenters. The molecule has 4 heteroatoms. The van der Waals surface area contributed by atoms with E-state index in [1.54, 1.807) is 11.3 Å². The molecule has 2 aromatic heterocycles. The number of thiazole rings is 1. The van der Waals surface area contributed by atoms with Gasteiger partial charge in [-0.15, -0.1) is 11.3 Å². The van der Waals surface area contributed by atoms with Crippen LogP contribution in [0.15, 0.2) is 18.2 Å². The van der Waals surface area contributed by atoms with Crippen molar-refractivity contribution in [2.24, 2.45) is 0 Å². The summed E-state index contributed by atoms with van der Waals surface area (Å²) < 4.78 is 0. The van der Waals surface area contributed by atoms with Gasteiger partial charge in [-0.25, -0.2) is 9.97 Å². The van der Waals surface area contributed by atoms with Crippen LogP contribution < -0.4 is 5.32 Å². The molecule has 0 bridgehead atoms. The predicted molar refractivity (Wildman–Crippen MR) is 79.7 cm³/mol. The maximum Gasteiger partial charge on any atom is 0.142 e. The molecule has 19 heavy (non-hydrogen) atoms. The van der Waals surface area contributed by atoms with Crippen LogP contribution in [0, 0.1) is 13.8 Å². The molecule has 2 aromatic rings. The van der Waals surface area contributed by atoms with Crippen molar-refractivity contribution in [3.05, 3.63) is 34.5 Å². The standard InChI is InChI=1S/C15H19N3S/c1-10-11(2)19-15(17-10)14-7-3-6-13(18-14)12-5-4-8-16-9-12/h3,6-7,12,16H,4-5,8-9H2,1-2H3/t12-/m1/s1. The highest BCUT2D eigenvalue weighted by atomic mass is 32.1. The van der Waals surface area contributed by atoms with Gasteiger partial charge >= 0.3 is 0 Å². The molecule has 1 aliphatic rings. The van der Waals surface area contributed by atoms with Crippen LogP contribution in [0.25, 0.3) is 10.7 Å². The van der Waals surface area contributed by atoms with Crippen LogP contribution in [0.3, 0.4) is 0 Å². The second-order valence-electron chi connectivity index (χ2n) is 5.15. The monoisotopic (exact) mass is 273 g/mol. The molecular formula is C15H19N3S. The molecule has 3 rings (SSSR count). The second kappa shape index (κ2) is 5.39. The third kappa shape index (κ3) is 2.69. The van der Waals surface area contributed by atoms with Crippen LogP contribution in [0.2, 0.25) is 0 Å². The quantitative estimate of drug-likeness (QED) is 0.912. The Morgan fingerprint density at radius 3 is 2.84 bits per heavy atom. The fourth-order valence-electron chi connectivity index (χ4n) is 2.48. The lowest BCUT2D eigenvalue weighted by atomic mass is 9.95. The molecule has 0 saturated carbocycles. The van der Waals surface area contributed by atoms with Gasteiger partial charge < -0.3 is 5.32 Å². The molecule has 3 heterocycles. The highest BCUT2D eigenvalue weighted by Crippen LogP contribution is 2.28. The first-order chi connectivity index (χ1) is 9.24. The Labute approximate surface area is 118 Å². The van der Waals surface area contributed by atoms with Crippen molar-refractivity contribution in [3.8, 4) is 10.7 Å². The van der Waals surface area contributed by atoms with Crippen LogP contribution in [-0.2, 0) is 0 Å². The Morgan fingerprint density at radius 2 is 2.16 bits per heavy atom. The number of hydrogen-bond acceptors (Lipinski definition) is 4. The van der Waals surface area contributed by atoms with Crippen molar-refractivity contribution in [1.82, 2.24) is 15.3 Å². The summed E-state index contributed by atoms with van der Waals surface area (Å²) in [7, 11) is 0. The van der Waals surface area contributed by atoms with Crippen molar-refractivity contribution >= 4 is 11.3 Å². The van der Waals surface area contributed by atoms with E-state index in [4.69, 9.17) is 4.98 Å². The maximum atomic E-state index is 4.83. The third-order valence-corrected chi connectivity index (χ3v) is 4.83. The third-order valence-electron chi connectivity index (χ3n) is 3.73. The van der Waals surface area contributed by atoms with E-state index < -0.39 is 0 Å². The van der Waals surface area contributed by atoms with Crippen molar-refractivity contribution in [1.29, 1.82) is 0 Å². The lowest BCUT2D eigenvalue weighted by Crippen LogP contribution is -2.28. The molecule has 1 atom stereocenters. The lowest BCUT2D eigenvalue weighted by molar-refractivity contribution is 0.455. The molecule has 100 valence electrons. The lowest BCUT2D eigenvalue weighted by Gasteiger charge is -2.22. The summed E-state index contributed by atoms with van der Waals surface area (Å²) in [5.74, 6) is 0.552. The van der Waals surface area contributed by atoms with Gasteiger partial charge in [0.25, 0.3) is 0 Å². The maximum absolute atomic E-state index is 4.83. The van der Waals surface area contributed by atoms with Gasteiger partial charge in [-0.1, -0.05) is 6.07 Å². The number of pyridine rings is 1. The zero-order valence-electron chi connectivity index (χ0n) is 11.4. The van der Waals surface area contributed by atoms with E-state index in [0.717, 1.165) is 29.5 Å². The number of aryl methyl sites for hydroxylation is 2. The first kappa shape index (κ1) is 12.8. The highest BCUT2D eigenvalue weighted by molar-refractivity contribution is 7.15. The van der Waals surface area contributed by atoms with Gasteiger partial charge in [-0.2, -0.15) is 0 Å². The van der Waals surface area contributed by atoms with Gasteiger partial charge in [-0.05, 0) is 45.4 Å². The topological polar surface area (TPSA) is 37.8 Å². The van der Waals surface area contributed by atoms with Gasteiger partial charge in [0, 0.05) is 23.0 Å². The zero-order valence-corrected chi connectivity index (χ0v) is 12.3. The average Bonchev–Trinajstić information content (AvgIpc) is 2.80. The fourth-order valence-corrected chi connectivity index (χ4v) is 3.37. The highest BCUT2D eigenvalue weighted by Gasteiger charge is 2.17. The van der Waals surface area contributed by atoms with Crippen LogP contribution in [0.4, 0.5) is 0 Å². The fraction of sp³-hybridized carbons (Fsp3) is 0.467. The van der Waals surface area contributed by atoms with Crippen molar-refractivity contribution in [2.75, 3.05) is 13.1 Å². The predicted octanol–water partition coefficient (Wildman–Crippen LogP) is 3.29. The molecule has 3 nitrogen and oxygen atoms in total. The summed E-state index contributed by atoms with van der Waals surface area (Å²) in [6.45, 7) is 6.36. The first-order valence-corrected chi connectivity index (χ1v) is 7.68. The van der Waals surface area contributed by atoms with Crippen LogP contribution in [0.1, 0.15) is 35.0 Å². The van der Waals surface area contributed by atoms with E-state index in [1.165, 1.54) is 23.4 Å². The first-order valence-electron chi connectivity index (χ1n) is 6.86. The average molecular weight is 273 g/mol. The summed E-state index contributed by atoms with van der Waals surface area (Å²) >= 11 is 1.73. The normalized spacial score (nSPS) is 19.6. The smallest absolute Gasteiger partial charge is 0.142 e. The molecule has 0 radical (unpaired) electrons. The summed E-state index contributed by atoms with van der Waals surface area (Å²) in [4.78, 5) is 10.7. The summed E-state index contributed by atoms with van der Waals surface area (Å²) in [6.07, 6.45) is 2.48. The number of nitrogens with zero attached hydrogens (tertiary/aromatic N) is 2. The van der Waals surface area contributed by atoms with E-state index in [1.807, 2.05) is 0 Å². The van der Waals surface area contributed by atoms with E-state index in [-0.39, 0.29) is 0 Å². The molecule has 0 aromatic carbocycles. The van der Waals surface area contributed by atoms with Gasteiger partial charge in [-0.3, -0.25) is 0 Å². The van der Waals surface area contributed by atoms with Gasteiger partial charge in [0.1, 0.15) is 5.01 Å². The zero-order chi connectivity index (χ0) is 13.2. The minimum absolute atomic E-state index is 0.552. The Bertz CT molecular complexity index is 551. The van der Waals surface area contributed by atoms with E-state index in [0.29, 0.717) is 5.92 Å². The Hall–Kier alpha value is -1.26. The minimum atomic E-state index is 0.552. The van der Waals surface area contributed by atoms with Crippen LogP contribution >= 0.6 is 11.3 Å². The van der Waals surface area contributed by atoms with E-state index in [2.05, 4.69) is 42.3 Å². The van der Waals surface area contributed by atoms with Crippen molar-refractivity contribution in [2.45, 2.75) is 32.6 Å². The number of aromatic nitrogens is 2. The molecule has 0 aliphatic carbocycles. The largest absolute Gasteiger partial charge is 0.316 e. The SMILES string of the molecule is Cc1nc(-c2cccc([C@@H]3CCCNC3)n2)sc1C. The molecule has 0 spiro atoms. The summed E-state index contributed by atoms with van der Waals surface area (Å²) in [5.41, 5.74) is 3.34. The van der Waals surface area contributed by atoms with E-state index in [9.17, 15) is 0 Å². The summed E-state index contributed by atoms with van der Waals surface area (Å²) in [5, 5.41) is 4.49. The van der Waals surface area contributed by atoms with Crippen molar-refractivity contribution < 1.29 is 0 Å². The molecule has 1 N–H and O–H groups in total. The molecule has 0 amide bonds. The van der Waals surface area contributed by atoms with Gasteiger partial charge in [0.15, 0.2) is 0 Å². The number of piperidine rings is 1. The minimum Gasteiger partial charge on any atom is -0.316 e. The van der Waals surface area contributed by atoms with Gasteiger partial charge in [0.2, 0.25) is 0 Å². The number of hydrogen-bond donors (Lipinski definition) is 1. The van der Waals surface area contributed by atoms with E-state index >= 15 is 0 Å². The van der Waals surface area contributed by atoms with Gasteiger partial charge in [0.05, 0.1) is 11.4 Å². The Kier molecular flexibility index (Phi) is 3.62. The number of nitrogens with one attached hydrogen (secondary N) is 1. The Morgan fingerprint density at radius 1 is 1.26 bits per heavy atom. The molecule has 1 saturated heterocycles. The molecule has 1 aliphatic heterocycles. The Balaban J connectivity index is 1.90. The van der Waals surface area contributed by atoms with Crippen molar-refractivity contribution in [3.63, 3.8) is 0 Å². The van der Waals surface area contributed by atoms with Crippen LogP contribution in [0.5, 0.6) is 0 Å². The van der Waals surface area contributed by atoms with Crippen LogP contribution in [-0.4, -0.2) is 23.1 Å². The summed E-state index contributed by atoms with van der Waals surface area (Å²) in [6, 6.07) is 6.32. The molecule has 1 fully saturated rings. The number of rotatable bonds is 2.